The van der Waals surface area contributed by atoms with Gasteiger partial charge in [-0.1, -0.05) is 18.1 Å². The van der Waals surface area contributed by atoms with Crippen molar-refractivity contribution in [3.63, 3.8) is 0 Å². The molecule has 86 valence electrons. The second-order valence-electron chi connectivity index (χ2n) is 3.94. The van der Waals surface area contributed by atoms with E-state index in [2.05, 4.69) is 15.9 Å². The SMILES string of the molecule is C#Cc1ccc(F)cc1-c1nc2ccccc2[nH]1. The van der Waals surface area contributed by atoms with Gasteiger partial charge >= 0.3 is 0 Å². The van der Waals surface area contributed by atoms with Crippen LogP contribution in [0.15, 0.2) is 42.5 Å². The Bertz CT molecular complexity index is 733. The van der Waals surface area contributed by atoms with Crippen LogP contribution in [0.25, 0.3) is 22.4 Å². The summed E-state index contributed by atoms with van der Waals surface area (Å²) in [4.78, 5) is 7.56. The van der Waals surface area contributed by atoms with Crippen LogP contribution in [0.5, 0.6) is 0 Å². The van der Waals surface area contributed by atoms with Crippen LogP contribution < -0.4 is 0 Å². The molecule has 1 heterocycles. The molecule has 0 saturated carbocycles. The molecule has 0 bridgehead atoms. The van der Waals surface area contributed by atoms with E-state index in [1.54, 1.807) is 6.07 Å². The van der Waals surface area contributed by atoms with Gasteiger partial charge in [-0.2, -0.15) is 0 Å². The van der Waals surface area contributed by atoms with E-state index in [-0.39, 0.29) is 5.82 Å². The number of nitrogens with zero attached hydrogens (tertiary/aromatic N) is 1. The lowest BCUT2D eigenvalue weighted by molar-refractivity contribution is 0.628. The molecule has 0 radical (unpaired) electrons. The van der Waals surface area contributed by atoms with Crippen molar-refractivity contribution in [2.24, 2.45) is 0 Å². The zero-order valence-corrected chi connectivity index (χ0v) is 9.44. The number of aromatic nitrogens is 2. The molecule has 3 rings (SSSR count). The van der Waals surface area contributed by atoms with E-state index in [0.29, 0.717) is 17.0 Å². The molecule has 1 aromatic heterocycles. The average Bonchev–Trinajstić information content (AvgIpc) is 2.82. The molecule has 3 aromatic rings. The molecule has 0 aliphatic carbocycles. The molecule has 2 nitrogen and oxygen atoms in total. The number of fused-ring (bicyclic) bond motifs is 1. The third kappa shape index (κ3) is 1.64. The van der Waals surface area contributed by atoms with E-state index in [0.717, 1.165) is 11.0 Å². The van der Waals surface area contributed by atoms with Crippen molar-refractivity contribution in [3.05, 3.63) is 53.8 Å². The van der Waals surface area contributed by atoms with E-state index in [4.69, 9.17) is 6.42 Å². The van der Waals surface area contributed by atoms with Gasteiger partial charge in [-0.3, -0.25) is 0 Å². The minimum atomic E-state index is -0.329. The molecule has 3 heteroatoms. The van der Waals surface area contributed by atoms with Crippen LogP contribution in [0.1, 0.15) is 5.56 Å². The molecule has 18 heavy (non-hydrogen) atoms. The molecule has 0 atom stereocenters. The highest BCUT2D eigenvalue weighted by Crippen LogP contribution is 2.24. The molecule has 0 unspecified atom stereocenters. The molecule has 0 spiro atoms. The monoisotopic (exact) mass is 236 g/mol. The van der Waals surface area contributed by atoms with Crippen LogP contribution in [0.3, 0.4) is 0 Å². The fraction of sp³-hybridized carbons (Fsp3) is 0. The highest BCUT2D eigenvalue weighted by atomic mass is 19.1. The van der Waals surface area contributed by atoms with Crippen LogP contribution in [0, 0.1) is 18.2 Å². The molecular formula is C15H9FN2. The van der Waals surface area contributed by atoms with Crippen molar-refractivity contribution in [1.82, 2.24) is 9.97 Å². The Morgan fingerprint density at radius 2 is 2.00 bits per heavy atom. The fourth-order valence-electron chi connectivity index (χ4n) is 1.92. The van der Waals surface area contributed by atoms with E-state index in [9.17, 15) is 4.39 Å². The van der Waals surface area contributed by atoms with Crippen LogP contribution in [0.2, 0.25) is 0 Å². The summed E-state index contributed by atoms with van der Waals surface area (Å²) in [7, 11) is 0. The van der Waals surface area contributed by atoms with Gasteiger partial charge in [-0.25, -0.2) is 9.37 Å². The van der Waals surface area contributed by atoms with Gasteiger partial charge in [-0.15, -0.1) is 6.42 Å². The number of hydrogen-bond acceptors (Lipinski definition) is 1. The normalized spacial score (nSPS) is 10.4. The summed E-state index contributed by atoms with van der Waals surface area (Å²) in [6.07, 6.45) is 5.42. The fourth-order valence-corrected chi connectivity index (χ4v) is 1.92. The zero-order chi connectivity index (χ0) is 12.5. The smallest absolute Gasteiger partial charge is 0.139 e. The summed E-state index contributed by atoms with van der Waals surface area (Å²) in [5.41, 5.74) is 2.96. The maximum atomic E-state index is 13.3. The lowest BCUT2D eigenvalue weighted by Gasteiger charge is -2.01. The van der Waals surface area contributed by atoms with Crippen molar-refractivity contribution in [2.45, 2.75) is 0 Å². The number of nitrogens with one attached hydrogen (secondary N) is 1. The molecule has 0 amide bonds. The van der Waals surface area contributed by atoms with Gasteiger partial charge in [0.15, 0.2) is 0 Å². The zero-order valence-electron chi connectivity index (χ0n) is 9.44. The Labute approximate surface area is 103 Å². The number of benzene rings is 2. The van der Waals surface area contributed by atoms with Crippen molar-refractivity contribution in [2.75, 3.05) is 0 Å². The lowest BCUT2D eigenvalue weighted by atomic mass is 10.1. The van der Waals surface area contributed by atoms with Crippen molar-refractivity contribution in [1.29, 1.82) is 0 Å². The number of H-pyrrole nitrogens is 1. The van der Waals surface area contributed by atoms with Gasteiger partial charge in [-0.05, 0) is 30.3 Å². The van der Waals surface area contributed by atoms with Gasteiger partial charge in [0.1, 0.15) is 11.6 Å². The summed E-state index contributed by atoms with van der Waals surface area (Å²) in [6.45, 7) is 0. The molecule has 2 aromatic carbocycles. The molecule has 1 N–H and O–H groups in total. The lowest BCUT2D eigenvalue weighted by Crippen LogP contribution is -1.88. The molecule has 0 fully saturated rings. The highest BCUT2D eigenvalue weighted by molar-refractivity contribution is 5.80. The van der Waals surface area contributed by atoms with Gasteiger partial charge in [0.2, 0.25) is 0 Å². The first-order valence-corrected chi connectivity index (χ1v) is 5.49. The second-order valence-corrected chi connectivity index (χ2v) is 3.94. The number of imidazole rings is 1. The first kappa shape index (κ1) is 10.5. The summed E-state index contributed by atoms with van der Waals surface area (Å²) < 4.78 is 13.3. The van der Waals surface area contributed by atoms with E-state index < -0.39 is 0 Å². The topological polar surface area (TPSA) is 28.7 Å². The summed E-state index contributed by atoms with van der Waals surface area (Å²) in [5.74, 6) is 2.80. The van der Waals surface area contributed by atoms with Crippen LogP contribution in [0.4, 0.5) is 4.39 Å². The van der Waals surface area contributed by atoms with Gasteiger partial charge in [0.25, 0.3) is 0 Å². The van der Waals surface area contributed by atoms with Crippen LogP contribution in [-0.4, -0.2) is 9.97 Å². The maximum Gasteiger partial charge on any atom is 0.139 e. The van der Waals surface area contributed by atoms with Gasteiger partial charge in [0, 0.05) is 11.1 Å². The first-order valence-electron chi connectivity index (χ1n) is 5.49. The number of terminal acetylenes is 1. The minimum Gasteiger partial charge on any atom is -0.338 e. The maximum absolute atomic E-state index is 13.3. The summed E-state index contributed by atoms with van der Waals surface area (Å²) in [5, 5.41) is 0. The molecule has 0 aliphatic heterocycles. The Balaban J connectivity index is 2.26. The molecule has 0 saturated heterocycles. The quantitative estimate of drug-likeness (QED) is 0.645. The standard InChI is InChI=1S/C15H9FN2/c1-2-10-7-8-11(16)9-12(10)15-17-13-5-3-4-6-14(13)18-15/h1,3-9H,(H,17,18). The largest absolute Gasteiger partial charge is 0.338 e. The number of rotatable bonds is 1. The summed E-state index contributed by atoms with van der Waals surface area (Å²) >= 11 is 0. The third-order valence-electron chi connectivity index (χ3n) is 2.78. The minimum absolute atomic E-state index is 0.329. The van der Waals surface area contributed by atoms with Crippen molar-refractivity contribution in [3.8, 4) is 23.7 Å². The van der Waals surface area contributed by atoms with E-state index in [1.807, 2.05) is 24.3 Å². The van der Waals surface area contributed by atoms with Crippen molar-refractivity contribution >= 4 is 11.0 Å². The average molecular weight is 236 g/mol. The number of aromatic amines is 1. The number of halogens is 1. The van der Waals surface area contributed by atoms with E-state index >= 15 is 0 Å². The Morgan fingerprint density at radius 1 is 1.17 bits per heavy atom. The Morgan fingerprint density at radius 3 is 2.78 bits per heavy atom. The first-order chi connectivity index (χ1) is 8.78. The molecular weight excluding hydrogens is 227 g/mol. The van der Waals surface area contributed by atoms with Gasteiger partial charge in [0.05, 0.1) is 11.0 Å². The summed E-state index contributed by atoms with van der Waals surface area (Å²) in [6, 6.07) is 12.0. The second kappa shape index (κ2) is 4.01. The third-order valence-corrected chi connectivity index (χ3v) is 2.78. The van der Waals surface area contributed by atoms with Gasteiger partial charge < -0.3 is 4.98 Å². The predicted molar refractivity (Wildman–Crippen MR) is 69.4 cm³/mol. The number of hydrogen-bond donors (Lipinski definition) is 1. The Kier molecular flexibility index (Phi) is 2.35. The van der Waals surface area contributed by atoms with Crippen LogP contribution in [-0.2, 0) is 0 Å². The van der Waals surface area contributed by atoms with E-state index in [1.165, 1.54) is 12.1 Å². The van der Waals surface area contributed by atoms with Crippen LogP contribution >= 0.6 is 0 Å². The Hall–Kier alpha value is -2.60. The highest BCUT2D eigenvalue weighted by Gasteiger charge is 2.09. The predicted octanol–water partition coefficient (Wildman–Crippen LogP) is 3.35. The molecule has 0 aliphatic rings. The number of para-hydroxylation sites is 2. The van der Waals surface area contributed by atoms with Crippen molar-refractivity contribution < 1.29 is 4.39 Å².